The van der Waals surface area contributed by atoms with Gasteiger partial charge in [0.05, 0.1) is 11.9 Å². The van der Waals surface area contributed by atoms with Crippen LogP contribution in [0.15, 0.2) is 18.3 Å². The summed E-state index contributed by atoms with van der Waals surface area (Å²) in [6, 6.07) is 4.20. The Kier molecular flexibility index (Phi) is 2.79. The third-order valence-corrected chi connectivity index (χ3v) is 3.13. The van der Waals surface area contributed by atoms with Crippen molar-refractivity contribution < 1.29 is 5.11 Å². The molecule has 1 heterocycles. The summed E-state index contributed by atoms with van der Waals surface area (Å²) in [6.07, 6.45) is 1.77. The molecule has 2 N–H and O–H groups in total. The molecule has 0 fully saturated rings. The lowest BCUT2D eigenvalue weighted by Gasteiger charge is -2.09. The van der Waals surface area contributed by atoms with Gasteiger partial charge in [-0.05, 0) is 37.5 Å². The lowest BCUT2D eigenvalue weighted by Crippen LogP contribution is -1.91. The minimum Gasteiger partial charge on any atom is -0.388 e. The number of nitrogens with one attached hydrogen (secondary N) is 1. The summed E-state index contributed by atoms with van der Waals surface area (Å²) in [5, 5.41) is 8.97. The van der Waals surface area contributed by atoms with Gasteiger partial charge in [0.1, 0.15) is 12.4 Å². The molecule has 3 nitrogen and oxygen atoms in total. The van der Waals surface area contributed by atoms with Gasteiger partial charge in [-0.15, -0.1) is 0 Å². The number of aromatic nitrogens is 2. The van der Waals surface area contributed by atoms with E-state index in [0.29, 0.717) is 5.82 Å². The van der Waals surface area contributed by atoms with Gasteiger partial charge in [0, 0.05) is 5.56 Å². The van der Waals surface area contributed by atoms with E-state index < -0.39 is 0 Å². The van der Waals surface area contributed by atoms with E-state index in [4.69, 9.17) is 5.11 Å². The quantitative estimate of drug-likeness (QED) is 0.810. The summed E-state index contributed by atoms with van der Waals surface area (Å²) in [7, 11) is 0. The van der Waals surface area contributed by atoms with E-state index in [9.17, 15) is 0 Å². The summed E-state index contributed by atoms with van der Waals surface area (Å²) >= 11 is 0. The van der Waals surface area contributed by atoms with Gasteiger partial charge < -0.3 is 10.1 Å². The van der Waals surface area contributed by atoms with Crippen LogP contribution in [0.4, 0.5) is 0 Å². The largest absolute Gasteiger partial charge is 0.388 e. The summed E-state index contributed by atoms with van der Waals surface area (Å²) in [6.45, 7) is 6.29. The minimum atomic E-state index is -0.0517. The zero-order chi connectivity index (χ0) is 11.7. The van der Waals surface area contributed by atoms with Crippen LogP contribution in [0, 0.1) is 20.8 Å². The molecule has 3 heteroatoms. The van der Waals surface area contributed by atoms with Gasteiger partial charge in [-0.3, -0.25) is 0 Å². The van der Waals surface area contributed by atoms with Crippen molar-refractivity contribution in [2.45, 2.75) is 27.4 Å². The van der Waals surface area contributed by atoms with Crippen LogP contribution >= 0.6 is 0 Å². The molecule has 0 bridgehead atoms. The van der Waals surface area contributed by atoms with E-state index >= 15 is 0 Å². The average Bonchev–Trinajstić information content (AvgIpc) is 2.74. The Morgan fingerprint density at radius 3 is 2.56 bits per heavy atom. The maximum Gasteiger partial charge on any atom is 0.132 e. The molecule has 2 aromatic rings. The molecule has 0 saturated carbocycles. The number of imidazole rings is 1. The first-order valence-electron chi connectivity index (χ1n) is 5.35. The number of nitrogens with zero attached hydrogens (tertiary/aromatic N) is 1. The van der Waals surface area contributed by atoms with E-state index in [-0.39, 0.29) is 6.61 Å². The van der Waals surface area contributed by atoms with Crippen molar-refractivity contribution in [3.63, 3.8) is 0 Å². The molecule has 0 radical (unpaired) electrons. The number of hydrogen-bond acceptors (Lipinski definition) is 2. The number of H-pyrrole nitrogens is 1. The van der Waals surface area contributed by atoms with E-state index in [1.165, 1.54) is 16.7 Å². The van der Waals surface area contributed by atoms with Crippen molar-refractivity contribution in [3.05, 3.63) is 40.8 Å². The number of rotatable bonds is 2. The number of aliphatic hydroxyl groups is 1. The van der Waals surface area contributed by atoms with Gasteiger partial charge in [-0.2, -0.15) is 0 Å². The second-order valence-electron chi connectivity index (χ2n) is 4.08. The highest BCUT2D eigenvalue weighted by atomic mass is 16.3. The fourth-order valence-electron chi connectivity index (χ4n) is 1.83. The molecule has 84 valence electrons. The van der Waals surface area contributed by atoms with Crippen molar-refractivity contribution in [1.82, 2.24) is 9.97 Å². The zero-order valence-electron chi connectivity index (χ0n) is 9.83. The molecule has 2 rings (SSSR count). The molecule has 1 aromatic heterocycles. The highest BCUT2D eigenvalue weighted by molar-refractivity contribution is 5.65. The van der Waals surface area contributed by atoms with Crippen LogP contribution in [-0.2, 0) is 6.61 Å². The Bertz CT molecular complexity index is 515. The number of benzene rings is 1. The van der Waals surface area contributed by atoms with Crippen LogP contribution in [0.3, 0.4) is 0 Å². The Hall–Kier alpha value is -1.61. The topological polar surface area (TPSA) is 48.9 Å². The van der Waals surface area contributed by atoms with Crippen molar-refractivity contribution in [1.29, 1.82) is 0 Å². The van der Waals surface area contributed by atoms with Gasteiger partial charge in [-0.25, -0.2) is 4.98 Å². The van der Waals surface area contributed by atoms with Crippen LogP contribution < -0.4 is 0 Å². The molecule has 0 spiro atoms. The van der Waals surface area contributed by atoms with Crippen molar-refractivity contribution in [3.8, 4) is 11.3 Å². The third kappa shape index (κ3) is 1.74. The van der Waals surface area contributed by atoms with E-state index in [0.717, 1.165) is 11.3 Å². The average molecular weight is 216 g/mol. The van der Waals surface area contributed by atoms with Crippen LogP contribution in [0.5, 0.6) is 0 Å². The SMILES string of the molecule is Cc1ccc(-c2cnc(CO)[nH]2)c(C)c1C. The highest BCUT2D eigenvalue weighted by Gasteiger charge is 2.08. The van der Waals surface area contributed by atoms with Crippen LogP contribution in [-0.4, -0.2) is 15.1 Å². The van der Waals surface area contributed by atoms with E-state index in [1.807, 2.05) is 0 Å². The Balaban J connectivity index is 2.52. The molecule has 0 saturated heterocycles. The van der Waals surface area contributed by atoms with Crippen molar-refractivity contribution >= 4 is 0 Å². The van der Waals surface area contributed by atoms with Crippen LogP contribution in [0.2, 0.25) is 0 Å². The van der Waals surface area contributed by atoms with Crippen molar-refractivity contribution in [2.75, 3.05) is 0 Å². The van der Waals surface area contributed by atoms with Crippen molar-refractivity contribution in [2.24, 2.45) is 0 Å². The van der Waals surface area contributed by atoms with Gasteiger partial charge in [0.25, 0.3) is 0 Å². The summed E-state index contributed by atoms with van der Waals surface area (Å²) in [5.41, 5.74) is 5.97. The molecular formula is C13H16N2O. The summed E-state index contributed by atoms with van der Waals surface area (Å²) in [5.74, 6) is 0.604. The predicted octanol–water partition coefficient (Wildman–Crippen LogP) is 2.49. The summed E-state index contributed by atoms with van der Waals surface area (Å²) in [4.78, 5) is 7.20. The zero-order valence-corrected chi connectivity index (χ0v) is 9.83. The number of aromatic amines is 1. The Morgan fingerprint density at radius 2 is 1.94 bits per heavy atom. The molecular weight excluding hydrogens is 200 g/mol. The fourth-order valence-corrected chi connectivity index (χ4v) is 1.83. The minimum absolute atomic E-state index is 0.0517. The molecule has 0 aliphatic rings. The monoisotopic (exact) mass is 216 g/mol. The Labute approximate surface area is 95.2 Å². The lowest BCUT2D eigenvalue weighted by atomic mass is 9.97. The van der Waals surface area contributed by atoms with Gasteiger partial charge >= 0.3 is 0 Å². The first-order valence-corrected chi connectivity index (χ1v) is 5.35. The number of aryl methyl sites for hydroxylation is 1. The second kappa shape index (κ2) is 4.10. The highest BCUT2D eigenvalue weighted by Crippen LogP contribution is 2.25. The maximum atomic E-state index is 8.97. The van der Waals surface area contributed by atoms with Gasteiger partial charge in [0.15, 0.2) is 0 Å². The molecule has 16 heavy (non-hydrogen) atoms. The fraction of sp³-hybridized carbons (Fsp3) is 0.308. The van der Waals surface area contributed by atoms with Crippen LogP contribution in [0.25, 0.3) is 11.3 Å². The third-order valence-electron chi connectivity index (χ3n) is 3.13. The number of hydrogen-bond donors (Lipinski definition) is 2. The van der Waals surface area contributed by atoms with Gasteiger partial charge in [-0.1, -0.05) is 12.1 Å². The van der Waals surface area contributed by atoms with Crippen LogP contribution in [0.1, 0.15) is 22.5 Å². The number of aliphatic hydroxyl groups excluding tert-OH is 1. The maximum absolute atomic E-state index is 8.97. The van der Waals surface area contributed by atoms with E-state index in [1.54, 1.807) is 6.20 Å². The normalized spacial score (nSPS) is 10.8. The Morgan fingerprint density at radius 1 is 1.19 bits per heavy atom. The predicted molar refractivity (Wildman–Crippen MR) is 64.2 cm³/mol. The van der Waals surface area contributed by atoms with E-state index in [2.05, 4.69) is 42.9 Å². The molecule has 1 aromatic carbocycles. The molecule has 0 atom stereocenters. The standard InChI is InChI=1S/C13H16N2O/c1-8-4-5-11(10(3)9(8)2)12-6-14-13(7-16)15-12/h4-6,16H,7H2,1-3H3,(H,14,15). The first-order chi connectivity index (χ1) is 7.63. The second-order valence-corrected chi connectivity index (χ2v) is 4.08. The lowest BCUT2D eigenvalue weighted by molar-refractivity contribution is 0.272. The first kappa shape index (κ1) is 10.9. The molecule has 0 aliphatic heterocycles. The molecule has 0 amide bonds. The van der Waals surface area contributed by atoms with Gasteiger partial charge in [0.2, 0.25) is 0 Å². The summed E-state index contributed by atoms with van der Waals surface area (Å²) < 4.78 is 0. The molecule has 0 aliphatic carbocycles. The smallest absolute Gasteiger partial charge is 0.132 e. The molecule has 0 unspecified atom stereocenters.